The maximum Gasteiger partial charge on any atom is 0.325 e. The van der Waals surface area contributed by atoms with Gasteiger partial charge in [-0.05, 0) is 25.0 Å². The number of carbonyl (C=O) groups is 2. The Morgan fingerprint density at radius 3 is 2.44 bits per heavy atom. The van der Waals surface area contributed by atoms with Crippen molar-refractivity contribution in [1.29, 1.82) is 0 Å². The van der Waals surface area contributed by atoms with Gasteiger partial charge in [0.15, 0.2) is 0 Å². The SMILES string of the molecule is CCC(CS)CN1C(=O)NC(C)(CC)C1=O. The predicted octanol–water partition coefficient (Wildman–Crippen LogP) is 1.66. The van der Waals surface area contributed by atoms with Gasteiger partial charge >= 0.3 is 6.03 Å². The largest absolute Gasteiger partial charge is 0.325 e. The summed E-state index contributed by atoms with van der Waals surface area (Å²) in [5, 5.41) is 2.75. The van der Waals surface area contributed by atoms with Crippen LogP contribution in [0.2, 0.25) is 0 Å². The van der Waals surface area contributed by atoms with Gasteiger partial charge in [0, 0.05) is 6.54 Å². The van der Waals surface area contributed by atoms with Gasteiger partial charge in [-0.3, -0.25) is 9.69 Å². The van der Waals surface area contributed by atoms with Crippen LogP contribution in [0.1, 0.15) is 33.6 Å². The van der Waals surface area contributed by atoms with Gasteiger partial charge < -0.3 is 5.32 Å². The number of carbonyl (C=O) groups excluding carboxylic acids is 2. The highest BCUT2D eigenvalue weighted by molar-refractivity contribution is 7.80. The number of hydrogen-bond donors (Lipinski definition) is 2. The van der Waals surface area contributed by atoms with Crippen LogP contribution in [-0.4, -0.2) is 34.7 Å². The smallest absolute Gasteiger partial charge is 0.323 e. The lowest BCUT2D eigenvalue weighted by molar-refractivity contribution is -0.131. The van der Waals surface area contributed by atoms with Gasteiger partial charge in [-0.25, -0.2) is 4.79 Å². The van der Waals surface area contributed by atoms with E-state index >= 15 is 0 Å². The summed E-state index contributed by atoms with van der Waals surface area (Å²) in [6, 6.07) is -0.269. The molecule has 1 heterocycles. The topological polar surface area (TPSA) is 49.4 Å². The van der Waals surface area contributed by atoms with Crippen molar-refractivity contribution in [1.82, 2.24) is 10.2 Å². The van der Waals surface area contributed by atoms with Crippen molar-refractivity contribution in [3.8, 4) is 0 Å². The van der Waals surface area contributed by atoms with Crippen molar-refractivity contribution in [2.75, 3.05) is 12.3 Å². The number of urea groups is 1. The molecule has 0 aromatic carbocycles. The Morgan fingerprint density at radius 2 is 2.06 bits per heavy atom. The van der Waals surface area contributed by atoms with E-state index in [2.05, 4.69) is 17.9 Å². The van der Waals surface area contributed by atoms with E-state index in [9.17, 15) is 9.59 Å². The van der Waals surface area contributed by atoms with Crippen molar-refractivity contribution in [3.63, 3.8) is 0 Å². The molecule has 2 unspecified atom stereocenters. The van der Waals surface area contributed by atoms with Gasteiger partial charge in [-0.2, -0.15) is 12.6 Å². The summed E-state index contributed by atoms with van der Waals surface area (Å²) >= 11 is 4.22. The number of hydrogen-bond acceptors (Lipinski definition) is 3. The first-order chi connectivity index (χ1) is 7.48. The number of rotatable bonds is 5. The van der Waals surface area contributed by atoms with E-state index in [1.165, 1.54) is 4.90 Å². The lowest BCUT2D eigenvalue weighted by Gasteiger charge is -2.21. The van der Waals surface area contributed by atoms with Crippen LogP contribution in [0, 0.1) is 5.92 Å². The molecule has 0 aromatic rings. The monoisotopic (exact) mass is 244 g/mol. The van der Waals surface area contributed by atoms with Crippen LogP contribution in [-0.2, 0) is 4.79 Å². The van der Waals surface area contributed by atoms with Gasteiger partial charge in [-0.15, -0.1) is 0 Å². The fourth-order valence-electron chi connectivity index (χ4n) is 1.73. The number of thiol groups is 1. The molecule has 92 valence electrons. The van der Waals surface area contributed by atoms with Gasteiger partial charge in [0.2, 0.25) is 0 Å². The Labute approximate surface area is 102 Å². The molecular weight excluding hydrogens is 224 g/mol. The van der Waals surface area contributed by atoms with E-state index in [1.54, 1.807) is 6.92 Å². The second-order valence-corrected chi connectivity index (χ2v) is 4.85. The van der Waals surface area contributed by atoms with E-state index < -0.39 is 5.54 Å². The Bertz CT molecular complexity index is 292. The van der Waals surface area contributed by atoms with Crippen LogP contribution in [0.5, 0.6) is 0 Å². The number of imide groups is 1. The van der Waals surface area contributed by atoms with Crippen molar-refractivity contribution >= 4 is 24.6 Å². The van der Waals surface area contributed by atoms with E-state index in [0.29, 0.717) is 18.7 Å². The van der Waals surface area contributed by atoms with Crippen molar-refractivity contribution < 1.29 is 9.59 Å². The van der Waals surface area contributed by atoms with Crippen molar-refractivity contribution in [3.05, 3.63) is 0 Å². The van der Waals surface area contributed by atoms with Gasteiger partial charge in [0.1, 0.15) is 5.54 Å². The van der Waals surface area contributed by atoms with E-state index in [4.69, 9.17) is 0 Å². The zero-order valence-corrected chi connectivity index (χ0v) is 11.0. The molecule has 1 fully saturated rings. The molecule has 0 aliphatic carbocycles. The van der Waals surface area contributed by atoms with Gasteiger partial charge in [0.05, 0.1) is 0 Å². The minimum absolute atomic E-state index is 0.111. The molecule has 1 N–H and O–H groups in total. The molecule has 0 aromatic heterocycles. The average Bonchev–Trinajstić information content (AvgIpc) is 2.49. The fraction of sp³-hybridized carbons (Fsp3) is 0.818. The summed E-state index contributed by atoms with van der Waals surface area (Å²) in [5.74, 6) is 0.855. The van der Waals surface area contributed by atoms with Crippen LogP contribution < -0.4 is 5.32 Å². The Kier molecular flexibility index (Phi) is 4.24. The fourth-order valence-corrected chi connectivity index (χ4v) is 2.10. The number of nitrogens with one attached hydrogen (secondary N) is 1. The number of amides is 3. The zero-order valence-electron chi connectivity index (χ0n) is 10.1. The minimum Gasteiger partial charge on any atom is -0.323 e. The maximum atomic E-state index is 12.1. The third-order valence-corrected chi connectivity index (χ3v) is 3.84. The first-order valence-electron chi connectivity index (χ1n) is 5.73. The highest BCUT2D eigenvalue weighted by atomic mass is 32.1. The normalized spacial score (nSPS) is 27.1. The first-order valence-corrected chi connectivity index (χ1v) is 6.36. The molecule has 0 bridgehead atoms. The van der Waals surface area contributed by atoms with E-state index in [0.717, 1.165) is 6.42 Å². The van der Waals surface area contributed by atoms with Crippen LogP contribution in [0.4, 0.5) is 4.79 Å². The Morgan fingerprint density at radius 1 is 1.44 bits per heavy atom. The van der Waals surface area contributed by atoms with Crippen molar-refractivity contribution in [2.24, 2.45) is 5.92 Å². The Hall–Kier alpha value is -0.710. The van der Waals surface area contributed by atoms with Crippen LogP contribution in [0.3, 0.4) is 0 Å². The third-order valence-electron chi connectivity index (χ3n) is 3.33. The highest BCUT2D eigenvalue weighted by Gasteiger charge is 2.46. The summed E-state index contributed by atoms with van der Waals surface area (Å²) in [4.78, 5) is 25.1. The second-order valence-electron chi connectivity index (χ2n) is 4.49. The standard InChI is InChI=1S/C11H20N2O2S/c1-4-8(7-16)6-13-9(14)11(3,5-2)12-10(13)15/h8,16H,4-7H2,1-3H3,(H,12,15). The van der Waals surface area contributed by atoms with Crippen LogP contribution in [0.25, 0.3) is 0 Å². The summed E-state index contributed by atoms with van der Waals surface area (Å²) < 4.78 is 0. The summed E-state index contributed by atoms with van der Waals surface area (Å²) in [5.41, 5.74) is -0.716. The molecule has 0 spiro atoms. The van der Waals surface area contributed by atoms with Crippen molar-refractivity contribution in [2.45, 2.75) is 39.2 Å². The second kappa shape index (κ2) is 5.08. The Balaban J connectivity index is 2.75. The predicted molar refractivity (Wildman–Crippen MR) is 66.6 cm³/mol. The molecule has 1 saturated heterocycles. The third kappa shape index (κ3) is 2.34. The lowest BCUT2D eigenvalue weighted by Crippen LogP contribution is -2.43. The molecule has 5 heteroatoms. The molecule has 1 aliphatic heterocycles. The molecule has 1 rings (SSSR count). The summed E-state index contributed by atoms with van der Waals surface area (Å²) in [7, 11) is 0. The van der Waals surface area contributed by atoms with E-state index in [-0.39, 0.29) is 17.9 Å². The van der Waals surface area contributed by atoms with Gasteiger partial charge in [0.25, 0.3) is 5.91 Å². The molecule has 16 heavy (non-hydrogen) atoms. The summed E-state index contributed by atoms with van der Waals surface area (Å²) in [6.45, 7) is 6.19. The first kappa shape index (κ1) is 13.4. The lowest BCUT2D eigenvalue weighted by atomic mass is 9.99. The average molecular weight is 244 g/mol. The molecule has 0 saturated carbocycles. The quantitative estimate of drug-likeness (QED) is 0.571. The molecule has 2 atom stereocenters. The molecule has 3 amide bonds. The molecule has 0 radical (unpaired) electrons. The maximum absolute atomic E-state index is 12.1. The van der Waals surface area contributed by atoms with E-state index in [1.807, 2.05) is 13.8 Å². The highest BCUT2D eigenvalue weighted by Crippen LogP contribution is 2.22. The number of nitrogens with zero attached hydrogens (tertiary/aromatic N) is 1. The van der Waals surface area contributed by atoms with Crippen LogP contribution >= 0.6 is 12.6 Å². The summed E-state index contributed by atoms with van der Waals surface area (Å²) in [6.07, 6.45) is 1.54. The van der Waals surface area contributed by atoms with Gasteiger partial charge in [-0.1, -0.05) is 20.3 Å². The zero-order chi connectivity index (χ0) is 12.3. The molecule has 1 aliphatic rings. The minimum atomic E-state index is -0.716. The molecular formula is C11H20N2O2S. The molecule has 4 nitrogen and oxygen atoms in total. The van der Waals surface area contributed by atoms with Crippen LogP contribution in [0.15, 0.2) is 0 Å².